The Labute approximate surface area is 191 Å². The van der Waals surface area contributed by atoms with Crippen LogP contribution in [0, 0.1) is 5.92 Å². The second-order valence-corrected chi connectivity index (χ2v) is 9.29. The summed E-state index contributed by atoms with van der Waals surface area (Å²) in [7, 11) is 0. The smallest absolute Gasteiger partial charge is 0.238 e. The van der Waals surface area contributed by atoms with Crippen molar-refractivity contribution in [2.75, 3.05) is 5.32 Å². The zero-order valence-corrected chi connectivity index (χ0v) is 18.9. The Morgan fingerprint density at radius 2 is 1.59 bits per heavy atom. The molecule has 1 aliphatic heterocycles. The fraction of sp³-hybridized carbons (Fsp3) is 0.185. The third kappa shape index (κ3) is 4.04. The number of aromatic nitrogens is 1. The van der Waals surface area contributed by atoms with E-state index in [1.807, 2.05) is 53.9 Å². The van der Waals surface area contributed by atoms with Crippen molar-refractivity contribution in [3.05, 3.63) is 94.9 Å². The molecule has 0 saturated heterocycles. The van der Waals surface area contributed by atoms with E-state index in [0.717, 1.165) is 28.8 Å². The minimum absolute atomic E-state index is 0.110. The summed E-state index contributed by atoms with van der Waals surface area (Å²) in [5.41, 5.74) is 4.97. The minimum Gasteiger partial charge on any atom is -0.457 e. The summed E-state index contributed by atoms with van der Waals surface area (Å²) in [6.45, 7) is 4.44. The molecule has 0 saturated carbocycles. The van der Waals surface area contributed by atoms with Gasteiger partial charge in [-0.25, -0.2) is 4.98 Å². The molecule has 0 radical (unpaired) electrons. The van der Waals surface area contributed by atoms with Crippen molar-refractivity contribution in [1.82, 2.24) is 4.98 Å². The lowest BCUT2D eigenvalue weighted by atomic mass is 9.87. The molecule has 0 atom stereocenters. The zero-order chi connectivity index (χ0) is 22.1. The summed E-state index contributed by atoms with van der Waals surface area (Å²) < 4.78 is 6.01. The average molecular weight is 441 g/mol. The highest BCUT2D eigenvalue weighted by Crippen LogP contribution is 2.44. The maximum Gasteiger partial charge on any atom is 0.238 e. The lowest BCUT2D eigenvalue weighted by Crippen LogP contribution is -2.25. The lowest BCUT2D eigenvalue weighted by Gasteiger charge is -2.27. The first-order chi connectivity index (χ1) is 15.6. The van der Waals surface area contributed by atoms with E-state index in [1.165, 1.54) is 16.9 Å². The summed E-state index contributed by atoms with van der Waals surface area (Å²) in [5, 5.41) is 5.61. The molecule has 5 heteroatoms. The number of ether oxygens (including phenoxy) is 1. The molecule has 1 N–H and O–H groups in total. The van der Waals surface area contributed by atoms with Crippen molar-refractivity contribution in [3.63, 3.8) is 0 Å². The van der Waals surface area contributed by atoms with Gasteiger partial charge in [-0.15, -0.1) is 11.3 Å². The Bertz CT molecular complexity index is 1220. The molecular formula is C27H24N2O2S. The Hall–Kier alpha value is -3.44. The van der Waals surface area contributed by atoms with Gasteiger partial charge in [0.1, 0.15) is 11.5 Å². The number of amides is 1. The van der Waals surface area contributed by atoms with E-state index >= 15 is 0 Å². The van der Waals surface area contributed by atoms with Crippen molar-refractivity contribution < 1.29 is 9.53 Å². The monoisotopic (exact) mass is 440 g/mol. The molecule has 1 amide bonds. The van der Waals surface area contributed by atoms with Crippen molar-refractivity contribution >= 4 is 22.4 Å². The van der Waals surface area contributed by atoms with Crippen LogP contribution in [0.15, 0.2) is 78.2 Å². The van der Waals surface area contributed by atoms with Gasteiger partial charge in [0.15, 0.2) is 5.13 Å². The molecule has 4 nitrogen and oxygen atoms in total. The Kier molecular flexibility index (Phi) is 5.50. The molecule has 3 aromatic carbocycles. The van der Waals surface area contributed by atoms with Gasteiger partial charge < -0.3 is 10.1 Å². The number of para-hydroxylation sites is 2. The highest BCUT2D eigenvalue weighted by atomic mass is 32.1. The molecule has 0 unspecified atom stereocenters. The van der Waals surface area contributed by atoms with Crippen LogP contribution in [0.25, 0.3) is 11.3 Å². The number of carbonyl (C=O) groups is 1. The quantitative estimate of drug-likeness (QED) is 0.368. The van der Waals surface area contributed by atoms with Gasteiger partial charge in [-0.1, -0.05) is 74.5 Å². The highest BCUT2D eigenvalue weighted by Gasteiger charge is 2.32. The van der Waals surface area contributed by atoms with Crippen molar-refractivity contribution in [1.29, 1.82) is 0 Å². The summed E-state index contributed by atoms with van der Waals surface area (Å²) in [6.07, 6.45) is 1.06. The SMILES string of the molecule is CC(C)Cc1ccc(-c2csc(NC(=O)C3c4ccccc4Oc4ccccc43)n2)cc1. The fourth-order valence-corrected chi connectivity index (χ4v) is 4.84. The molecule has 0 spiro atoms. The summed E-state index contributed by atoms with van der Waals surface area (Å²) in [5.74, 6) is 1.50. The van der Waals surface area contributed by atoms with Crippen LogP contribution < -0.4 is 10.1 Å². The van der Waals surface area contributed by atoms with Crippen LogP contribution in [-0.4, -0.2) is 10.9 Å². The molecule has 32 heavy (non-hydrogen) atoms. The predicted octanol–water partition coefficient (Wildman–Crippen LogP) is 6.88. The number of benzene rings is 3. The Morgan fingerprint density at radius 1 is 0.969 bits per heavy atom. The van der Waals surface area contributed by atoms with Crippen LogP contribution in [0.2, 0.25) is 0 Å². The normalized spacial score (nSPS) is 12.7. The van der Waals surface area contributed by atoms with E-state index in [4.69, 9.17) is 4.74 Å². The Morgan fingerprint density at radius 3 is 2.22 bits per heavy atom. The van der Waals surface area contributed by atoms with Gasteiger partial charge in [-0.3, -0.25) is 4.79 Å². The molecule has 0 bridgehead atoms. The van der Waals surface area contributed by atoms with Crippen molar-refractivity contribution in [2.24, 2.45) is 5.92 Å². The molecule has 1 aromatic heterocycles. The van der Waals surface area contributed by atoms with E-state index in [1.54, 1.807) is 0 Å². The number of fused-ring (bicyclic) bond motifs is 2. The number of rotatable bonds is 5. The largest absolute Gasteiger partial charge is 0.457 e. The van der Waals surface area contributed by atoms with E-state index in [-0.39, 0.29) is 5.91 Å². The molecule has 2 heterocycles. The summed E-state index contributed by atoms with van der Waals surface area (Å²) in [6, 6.07) is 23.9. The van der Waals surface area contributed by atoms with Crippen LogP contribution in [0.5, 0.6) is 11.5 Å². The predicted molar refractivity (Wildman–Crippen MR) is 130 cm³/mol. The number of nitrogens with zero attached hydrogens (tertiary/aromatic N) is 1. The van der Waals surface area contributed by atoms with Crippen LogP contribution in [0.4, 0.5) is 5.13 Å². The number of anilines is 1. The maximum atomic E-state index is 13.4. The van der Waals surface area contributed by atoms with Crippen LogP contribution >= 0.6 is 11.3 Å². The molecule has 0 aliphatic carbocycles. The van der Waals surface area contributed by atoms with Gasteiger partial charge in [-0.05, 0) is 30.0 Å². The number of thiazole rings is 1. The summed E-state index contributed by atoms with van der Waals surface area (Å²) >= 11 is 1.44. The topological polar surface area (TPSA) is 51.2 Å². The van der Waals surface area contributed by atoms with E-state index in [9.17, 15) is 4.79 Å². The highest BCUT2D eigenvalue weighted by molar-refractivity contribution is 7.14. The molecule has 0 fully saturated rings. The summed E-state index contributed by atoms with van der Waals surface area (Å²) in [4.78, 5) is 18.1. The third-order valence-electron chi connectivity index (χ3n) is 5.57. The molecule has 4 aromatic rings. The third-order valence-corrected chi connectivity index (χ3v) is 6.33. The van der Waals surface area contributed by atoms with Crippen molar-refractivity contribution in [3.8, 4) is 22.8 Å². The Balaban J connectivity index is 1.38. The molecular weight excluding hydrogens is 416 g/mol. The molecule has 5 rings (SSSR count). The van der Waals surface area contributed by atoms with Gasteiger partial charge in [-0.2, -0.15) is 0 Å². The maximum absolute atomic E-state index is 13.4. The minimum atomic E-state index is -0.446. The van der Waals surface area contributed by atoms with Gasteiger partial charge in [0.25, 0.3) is 0 Å². The fourth-order valence-electron chi connectivity index (χ4n) is 4.12. The van der Waals surface area contributed by atoms with Crippen LogP contribution in [0.3, 0.4) is 0 Å². The average Bonchev–Trinajstić information content (AvgIpc) is 3.25. The molecule has 160 valence electrons. The molecule has 1 aliphatic rings. The first kappa shape index (κ1) is 20.5. The lowest BCUT2D eigenvalue weighted by molar-refractivity contribution is -0.116. The van der Waals surface area contributed by atoms with Gasteiger partial charge in [0, 0.05) is 22.1 Å². The van der Waals surface area contributed by atoms with Gasteiger partial charge >= 0.3 is 0 Å². The van der Waals surface area contributed by atoms with Gasteiger partial charge in [0.05, 0.1) is 11.6 Å². The second-order valence-electron chi connectivity index (χ2n) is 8.43. The first-order valence-electron chi connectivity index (χ1n) is 10.8. The van der Waals surface area contributed by atoms with E-state index in [0.29, 0.717) is 22.5 Å². The first-order valence-corrected chi connectivity index (χ1v) is 11.7. The number of hydrogen-bond acceptors (Lipinski definition) is 4. The zero-order valence-electron chi connectivity index (χ0n) is 18.0. The standard InChI is InChI=1S/C27H24N2O2S/c1-17(2)15-18-11-13-19(14-12-18)22-16-32-27(28-22)29-26(30)25-20-7-3-5-9-23(20)31-24-10-6-4-8-21(24)25/h3-14,16-17,25H,15H2,1-2H3,(H,28,29,30). The van der Waals surface area contributed by atoms with E-state index in [2.05, 4.69) is 48.4 Å². The van der Waals surface area contributed by atoms with E-state index < -0.39 is 5.92 Å². The van der Waals surface area contributed by atoms with Gasteiger partial charge in [0.2, 0.25) is 5.91 Å². The van der Waals surface area contributed by atoms with Crippen LogP contribution in [-0.2, 0) is 11.2 Å². The number of hydrogen-bond donors (Lipinski definition) is 1. The second kappa shape index (κ2) is 8.60. The number of nitrogens with one attached hydrogen (secondary N) is 1. The number of carbonyl (C=O) groups excluding carboxylic acids is 1. The van der Waals surface area contributed by atoms with Crippen LogP contribution in [0.1, 0.15) is 36.5 Å². The van der Waals surface area contributed by atoms with Crippen molar-refractivity contribution in [2.45, 2.75) is 26.2 Å².